The number of aromatic nitrogens is 3. The van der Waals surface area contributed by atoms with Crippen molar-refractivity contribution in [1.82, 2.24) is 15.0 Å². The van der Waals surface area contributed by atoms with Gasteiger partial charge in [-0.3, -0.25) is 0 Å². The second-order valence-corrected chi connectivity index (χ2v) is 3.91. The number of nitrogens with zero attached hydrogens (tertiary/aromatic N) is 4. The van der Waals surface area contributed by atoms with Crippen LogP contribution in [0.1, 0.15) is 27.7 Å². The summed E-state index contributed by atoms with van der Waals surface area (Å²) in [5.41, 5.74) is 0. The predicted molar refractivity (Wildman–Crippen MR) is 68.7 cm³/mol. The van der Waals surface area contributed by atoms with Gasteiger partial charge in [0.25, 0.3) is 0 Å². The molecule has 1 aromatic rings. The summed E-state index contributed by atoms with van der Waals surface area (Å²) in [7, 11) is 1.95. The molecule has 0 bridgehead atoms. The first-order chi connectivity index (χ1) is 8.08. The first-order valence-corrected chi connectivity index (χ1v) is 5.94. The minimum atomic E-state index is 0.321. The van der Waals surface area contributed by atoms with Crippen LogP contribution in [0.5, 0.6) is 6.01 Å². The molecule has 0 saturated carbocycles. The molecule has 6 nitrogen and oxygen atoms in total. The quantitative estimate of drug-likeness (QED) is 0.812. The summed E-state index contributed by atoms with van der Waals surface area (Å²) < 4.78 is 5.33. The smallest absolute Gasteiger partial charge is 0.323 e. The molecule has 1 aromatic heterocycles. The van der Waals surface area contributed by atoms with Crippen molar-refractivity contribution in [3.05, 3.63) is 0 Å². The van der Waals surface area contributed by atoms with Crippen molar-refractivity contribution < 1.29 is 4.74 Å². The van der Waals surface area contributed by atoms with Gasteiger partial charge >= 0.3 is 6.01 Å². The Balaban J connectivity index is 3.02. The van der Waals surface area contributed by atoms with Crippen LogP contribution in [0, 0.1) is 0 Å². The number of hydrogen-bond donors (Lipinski definition) is 1. The zero-order chi connectivity index (χ0) is 12.8. The molecule has 0 aromatic carbocycles. The maximum atomic E-state index is 5.33. The normalized spacial score (nSPS) is 10.5. The third-order valence-electron chi connectivity index (χ3n) is 2.30. The lowest BCUT2D eigenvalue weighted by Gasteiger charge is -2.21. The molecule has 0 aliphatic heterocycles. The maximum absolute atomic E-state index is 5.33. The number of nitrogens with one attached hydrogen (secondary N) is 1. The second-order valence-electron chi connectivity index (χ2n) is 3.91. The molecule has 1 heterocycles. The van der Waals surface area contributed by atoms with Crippen LogP contribution in [0.3, 0.4) is 0 Å². The van der Waals surface area contributed by atoms with Crippen molar-refractivity contribution in [2.24, 2.45) is 0 Å². The summed E-state index contributed by atoms with van der Waals surface area (Å²) in [5, 5.41) is 3.07. The van der Waals surface area contributed by atoms with Gasteiger partial charge in [-0.25, -0.2) is 0 Å². The number of anilines is 2. The number of rotatable bonds is 6. The largest absolute Gasteiger partial charge is 0.464 e. The summed E-state index contributed by atoms with van der Waals surface area (Å²) in [6.07, 6.45) is 0. The van der Waals surface area contributed by atoms with Gasteiger partial charge in [0.05, 0.1) is 6.61 Å². The van der Waals surface area contributed by atoms with Crippen LogP contribution < -0.4 is 15.0 Å². The molecule has 1 rings (SSSR count). The highest BCUT2D eigenvalue weighted by Gasteiger charge is 2.12. The summed E-state index contributed by atoms with van der Waals surface area (Å²) in [5.74, 6) is 1.17. The van der Waals surface area contributed by atoms with Gasteiger partial charge in [-0.1, -0.05) is 0 Å². The maximum Gasteiger partial charge on any atom is 0.323 e. The molecular weight excluding hydrogens is 218 g/mol. The van der Waals surface area contributed by atoms with Gasteiger partial charge in [0.1, 0.15) is 0 Å². The Morgan fingerprint density at radius 3 is 2.47 bits per heavy atom. The Labute approximate surface area is 102 Å². The van der Waals surface area contributed by atoms with Gasteiger partial charge in [0, 0.05) is 19.6 Å². The van der Waals surface area contributed by atoms with Gasteiger partial charge in [-0.15, -0.1) is 0 Å². The zero-order valence-corrected chi connectivity index (χ0v) is 11.2. The lowest BCUT2D eigenvalue weighted by Crippen LogP contribution is -2.28. The summed E-state index contributed by atoms with van der Waals surface area (Å²) in [6.45, 7) is 9.37. The molecule has 0 fully saturated rings. The van der Waals surface area contributed by atoms with Gasteiger partial charge in [-0.05, 0) is 27.7 Å². The molecule has 0 amide bonds. The fourth-order valence-corrected chi connectivity index (χ4v) is 1.17. The van der Waals surface area contributed by atoms with Crippen LogP contribution >= 0.6 is 0 Å². The van der Waals surface area contributed by atoms with Crippen molar-refractivity contribution in [2.75, 3.05) is 30.4 Å². The topological polar surface area (TPSA) is 63.2 Å². The summed E-state index contributed by atoms with van der Waals surface area (Å²) >= 11 is 0. The monoisotopic (exact) mass is 239 g/mol. The lowest BCUT2D eigenvalue weighted by atomic mass is 10.4. The van der Waals surface area contributed by atoms with Crippen LogP contribution in [0.4, 0.5) is 11.9 Å². The Morgan fingerprint density at radius 2 is 1.94 bits per heavy atom. The van der Waals surface area contributed by atoms with E-state index in [4.69, 9.17) is 4.74 Å². The van der Waals surface area contributed by atoms with Gasteiger partial charge in [-0.2, -0.15) is 15.0 Å². The van der Waals surface area contributed by atoms with Gasteiger partial charge in [0.2, 0.25) is 11.9 Å². The highest BCUT2D eigenvalue weighted by atomic mass is 16.5. The van der Waals surface area contributed by atoms with Gasteiger partial charge in [0.15, 0.2) is 0 Å². The third kappa shape index (κ3) is 3.72. The molecule has 6 heteroatoms. The summed E-state index contributed by atoms with van der Waals surface area (Å²) in [6, 6.07) is 0.683. The average Bonchev–Trinajstić information content (AvgIpc) is 2.28. The van der Waals surface area contributed by atoms with E-state index in [2.05, 4.69) is 34.1 Å². The van der Waals surface area contributed by atoms with Crippen molar-refractivity contribution >= 4 is 11.9 Å². The molecule has 0 unspecified atom stereocenters. The minimum Gasteiger partial charge on any atom is -0.464 e. The fraction of sp³-hybridized carbons (Fsp3) is 0.727. The van der Waals surface area contributed by atoms with E-state index in [1.807, 2.05) is 25.8 Å². The molecule has 0 aliphatic carbocycles. The Morgan fingerprint density at radius 1 is 1.24 bits per heavy atom. The van der Waals surface area contributed by atoms with Crippen molar-refractivity contribution in [3.63, 3.8) is 0 Å². The zero-order valence-electron chi connectivity index (χ0n) is 11.2. The summed E-state index contributed by atoms with van der Waals surface area (Å²) in [4.78, 5) is 14.8. The Kier molecular flexibility index (Phi) is 4.93. The van der Waals surface area contributed by atoms with E-state index in [9.17, 15) is 0 Å². The van der Waals surface area contributed by atoms with E-state index in [0.717, 1.165) is 6.54 Å². The van der Waals surface area contributed by atoms with E-state index in [1.54, 1.807) is 0 Å². The van der Waals surface area contributed by atoms with Gasteiger partial charge < -0.3 is 15.0 Å². The second kappa shape index (κ2) is 6.22. The molecule has 1 N–H and O–H groups in total. The van der Waals surface area contributed by atoms with Crippen LogP contribution in [0.2, 0.25) is 0 Å². The molecule has 0 atom stereocenters. The van der Waals surface area contributed by atoms with E-state index in [0.29, 0.717) is 30.6 Å². The van der Waals surface area contributed by atoms with Crippen LogP contribution in [-0.4, -0.2) is 41.2 Å². The number of ether oxygens (including phenoxy) is 1. The van der Waals surface area contributed by atoms with Crippen molar-refractivity contribution in [1.29, 1.82) is 0 Å². The molecule has 0 saturated heterocycles. The fourth-order valence-electron chi connectivity index (χ4n) is 1.17. The SMILES string of the molecule is CCNc1nc(OCC)nc(N(C)C(C)C)n1. The van der Waals surface area contributed by atoms with E-state index < -0.39 is 0 Å². The standard InChI is InChI=1S/C11H21N5O/c1-6-12-9-13-10(16(5)8(3)4)15-11(14-9)17-7-2/h8H,6-7H2,1-5H3,(H,12,13,14,15). The number of hydrogen-bond acceptors (Lipinski definition) is 6. The Hall–Kier alpha value is -1.59. The van der Waals surface area contributed by atoms with E-state index >= 15 is 0 Å². The molecule has 17 heavy (non-hydrogen) atoms. The predicted octanol–water partition coefficient (Wildman–Crippen LogP) is 1.55. The van der Waals surface area contributed by atoms with E-state index in [-0.39, 0.29) is 0 Å². The first kappa shape index (κ1) is 13.5. The third-order valence-corrected chi connectivity index (χ3v) is 2.30. The molecule has 0 radical (unpaired) electrons. The molecular formula is C11H21N5O. The molecule has 0 aliphatic rings. The average molecular weight is 239 g/mol. The minimum absolute atomic E-state index is 0.321. The molecule has 0 spiro atoms. The highest BCUT2D eigenvalue weighted by Crippen LogP contribution is 2.15. The highest BCUT2D eigenvalue weighted by molar-refractivity contribution is 5.38. The Bertz CT molecular complexity index is 331. The van der Waals surface area contributed by atoms with Crippen molar-refractivity contribution in [2.45, 2.75) is 33.7 Å². The van der Waals surface area contributed by atoms with Crippen LogP contribution in [0.15, 0.2) is 0 Å². The van der Waals surface area contributed by atoms with Crippen molar-refractivity contribution in [3.8, 4) is 6.01 Å². The lowest BCUT2D eigenvalue weighted by molar-refractivity contribution is 0.312. The molecule has 96 valence electrons. The van der Waals surface area contributed by atoms with Crippen LogP contribution in [0.25, 0.3) is 0 Å². The van der Waals surface area contributed by atoms with Crippen LogP contribution in [-0.2, 0) is 0 Å². The van der Waals surface area contributed by atoms with E-state index in [1.165, 1.54) is 0 Å². The first-order valence-electron chi connectivity index (χ1n) is 5.94.